The summed E-state index contributed by atoms with van der Waals surface area (Å²) in [5.74, 6) is 4.38. The fourth-order valence-electron chi connectivity index (χ4n) is 6.88. The average Bonchev–Trinajstić information content (AvgIpc) is 1.77. The molecule has 0 aromatic heterocycles. The number of allylic oxidation sites excluding steroid dienone is 4. The van der Waals surface area contributed by atoms with Crippen LogP contribution in [0.4, 0.5) is 0 Å². The molecular weight excluding hydrogens is 1270 g/mol. The van der Waals surface area contributed by atoms with Crippen molar-refractivity contribution in [3.63, 3.8) is 0 Å². The molecule has 3 saturated heterocycles. The summed E-state index contributed by atoms with van der Waals surface area (Å²) in [5, 5.41) is 5.77. The first kappa shape index (κ1) is 98.4. The molecule has 17 heteroatoms. The molecule has 0 aromatic rings. The van der Waals surface area contributed by atoms with Gasteiger partial charge in [0.15, 0.2) is 28.9 Å². The van der Waals surface area contributed by atoms with Gasteiger partial charge >= 0.3 is 0 Å². The maximum absolute atomic E-state index is 11.6. The standard InChI is InChI=1S/C12H21NO2.C11H19NO.C8H15NO.C8H14O2.2C8H14O.C7H15NO.C7H14O.C7H10O.C6H11ClO/c1-12(2,3)11(14)5-4-6-13-7-9-15-10-8-13;1-11(2,3)10(13)6-4-7-12-8-5-9-12;1-8(2,3)9-7(10)6-4-5-6;1-5-6(10-5)7(9)8(2,3)4;1-8(2,3)7(9)6-4-5-6;1-5-6-7(9)8(2,3)4;1-5-6(9)8-7(2,3)4;2*1-5-6(8)7(2,3)4;1-6(2,3)5(8)4-7/h4-5H,6-10H2,1-3H3;4,6H,5,7-9H2,1-3H3;6H,4-5H2,1-3H3,(H,9,10);5-6H,1-4H3;6H,4-5H2,1-3H3;5-6H,1-4H3;5H2,1-4H3,(H,8,9);5H2,1-4H3;1H,2-4H3;4H2,1-3H3/b5-4+;6-4+;;;;6-5+;;;;/i;;;;;5D,6D;;;;. The zero-order valence-corrected chi connectivity index (χ0v) is 69.9. The summed E-state index contributed by atoms with van der Waals surface area (Å²) in [4.78, 5) is 115. The molecule has 16 nitrogen and oxygen atoms in total. The molecule has 5 fully saturated rings. The summed E-state index contributed by atoms with van der Waals surface area (Å²) < 4.78 is 24.6. The normalized spacial score (nSPS) is 17.7. The van der Waals surface area contributed by atoms with E-state index in [0.29, 0.717) is 36.2 Å². The lowest BCUT2D eigenvalue weighted by atomic mass is 9.88. The van der Waals surface area contributed by atoms with Crippen LogP contribution in [0.5, 0.6) is 0 Å². The Bertz CT molecular complexity index is 2680. The number of morpholine rings is 1. The molecule has 5 aliphatic rings. The number of epoxide rings is 1. The molecule has 574 valence electrons. The van der Waals surface area contributed by atoms with Gasteiger partial charge in [0.05, 0.1) is 27.9 Å². The average molecular weight is 1420 g/mol. The molecule has 0 aromatic carbocycles. The minimum Gasteiger partial charge on any atom is -0.379 e. The van der Waals surface area contributed by atoms with E-state index in [1.165, 1.54) is 26.4 Å². The molecule has 2 N–H and O–H groups in total. The first-order valence-corrected chi connectivity index (χ1v) is 36.3. The van der Waals surface area contributed by atoms with E-state index in [-0.39, 0.29) is 126 Å². The van der Waals surface area contributed by atoms with Crippen molar-refractivity contribution >= 4 is 69.7 Å². The maximum atomic E-state index is 11.6. The van der Waals surface area contributed by atoms with Gasteiger partial charge in [-0.05, 0) is 125 Å². The number of carbonyl (C=O) groups is 10. The van der Waals surface area contributed by atoms with Crippen molar-refractivity contribution in [3.05, 3.63) is 36.4 Å². The SMILES string of the molecule is C#CC(=O)C(C)(C)C.CC(C)(C)C(=O)/C=C/CN1CCC1.CC(C)(C)C(=O)/C=C/CN1CCOCC1.CC(C)(C)C(=O)C1CC1.CC(C)(C)C(=O)CCl.CC(C)(C)NC(=O)C1CC1.CC1OC1C(=O)C(C)(C)C.CCC(=O)C(C)(C)C.CCC(=O)NC(C)(C)C.[2H]/C(C)=C(/[2H])C(=O)C(C)(C)C. The summed E-state index contributed by atoms with van der Waals surface area (Å²) in [6.07, 6.45) is 19.2. The zero-order valence-electron chi connectivity index (χ0n) is 71.2. The maximum Gasteiger partial charge on any atom is 0.223 e. The third-order valence-corrected chi connectivity index (χ3v) is 14.6. The second-order valence-electron chi connectivity index (χ2n) is 36.0. The number of terminal acetylenes is 1. The summed E-state index contributed by atoms with van der Waals surface area (Å²) in [6.45, 7) is 72.2. The van der Waals surface area contributed by atoms with Gasteiger partial charge < -0.3 is 20.1 Å². The highest BCUT2D eigenvalue weighted by Crippen LogP contribution is 2.36. The zero-order chi connectivity index (χ0) is 81.1. The van der Waals surface area contributed by atoms with Gasteiger partial charge in [0.2, 0.25) is 17.6 Å². The monoisotopic (exact) mass is 1420 g/mol. The van der Waals surface area contributed by atoms with Crippen molar-refractivity contribution in [2.24, 2.45) is 55.2 Å². The fourth-order valence-corrected chi connectivity index (χ4v) is 7.28. The summed E-state index contributed by atoms with van der Waals surface area (Å²) in [6, 6.07) is -0.151. The third kappa shape index (κ3) is 59.4. The number of nitrogens with zero attached hydrogens (tertiary/aromatic N) is 2. The number of likely N-dealkylation sites (tertiary alicyclic amines) is 1. The highest BCUT2D eigenvalue weighted by molar-refractivity contribution is 6.28. The lowest BCUT2D eigenvalue weighted by Crippen LogP contribution is -2.41. The number of hydrogen-bond acceptors (Lipinski definition) is 14. The Morgan fingerprint density at radius 2 is 0.869 bits per heavy atom. The molecule has 0 radical (unpaired) electrons. The predicted molar refractivity (Wildman–Crippen MR) is 413 cm³/mol. The van der Waals surface area contributed by atoms with Crippen LogP contribution in [-0.2, 0) is 57.4 Å². The van der Waals surface area contributed by atoms with Crippen LogP contribution >= 0.6 is 11.6 Å². The van der Waals surface area contributed by atoms with E-state index in [9.17, 15) is 47.9 Å². The van der Waals surface area contributed by atoms with Crippen LogP contribution in [-0.4, -0.2) is 150 Å². The number of nitrogens with one attached hydrogen (secondary N) is 2. The molecule has 99 heavy (non-hydrogen) atoms. The van der Waals surface area contributed by atoms with Gasteiger partial charge in [-0.15, -0.1) is 18.0 Å². The number of halogens is 1. The number of ketones is 8. The van der Waals surface area contributed by atoms with Crippen LogP contribution < -0.4 is 10.6 Å². The van der Waals surface area contributed by atoms with Crippen molar-refractivity contribution in [2.45, 2.75) is 304 Å². The highest BCUT2D eigenvalue weighted by atomic mass is 35.5. The van der Waals surface area contributed by atoms with Crippen LogP contribution in [0.1, 0.15) is 283 Å². The van der Waals surface area contributed by atoms with E-state index in [2.05, 4.69) is 26.4 Å². The molecule has 0 spiro atoms. The van der Waals surface area contributed by atoms with Gasteiger partial charge in [-0.2, -0.15) is 0 Å². The molecule has 2 atom stereocenters. The number of hydrogen-bond donors (Lipinski definition) is 2. The predicted octanol–water partition coefficient (Wildman–Crippen LogP) is 16.6. The van der Waals surface area contributed by atoms with E-state index in [1.807, 2.05) is 199 Å². The van der Waals surface area contributed by atoms with Crippen molar-refractivity contribution in [3.8, 4) is 12.3 Å². The Morgan fingerprint density at radius 1 is 0.505 bits per heavy atom. The summed E-state index contributed by atoms with van der Waals surface area (Å²) in [7, 11) is 0. The molecular formula is C82H147ClN4O12. The van der Waals surface area contributed by atoms with Gasteiger partial charge in [0.25, 0.3) is 0 Å². The minimum atomic E-state index is -0.542. The Hall–Kier alpha value is -4.79. The Kier molecular flexibility index (Phi) is 46.5. The fraction of sp³-hybridized carbons (Fsp3) is 0.780. The molecule has 3 aliphatic heterocycles. The smallest absolute Gasteiger partial charge is 0.223 e. The lowest BCUT2D eigenvalue weighted by Gasteiger charge is -2.29. The number of Topliss-reactive ketones (excluding diaryl/α,β-unsaturated/α-hetero) is 5. The van der Waals surface area contributed by atoms with Gasteiger partial charge in [-0.3, -0.25) is 57.7 Å². The highest BCUT2D eigenvalue weighted by Gasteiger charge is 2.45. The summed E-state index contributed by atoms with van der Waals surface area (Å²) in [5.41, 5.74) is -2.26. The molecule has 2 amide bonds. The first-order valence-electron chi connectivity index (χ1n) is 36.7. The second kappa shape index (κ2) is 46.7. The van der Waals surface area contributed by atoms with Crippen LogP contribution in [0, 0.1) is 67.5 Å². The lowest BCUT2D eigenvalue weighted by molar-refractivity contribution is -0.128. The van der Waals surface area contributed by atoms with E-state index in [1.54, 1.807) is 53.7 Å². The Labute approximate surface area is 613 Å². The molecule has 0 bridgehead atoms. The van der Waals surface area contributed by atoms with Crippen LogP contribution in [0.25, 0.3) is 0 Å². The van der Waals surface area contributed by atoms with Gasteiger partial charge in [-0.25, -0.2) is 0 Å². The Balaban J connectivity index is -0.000000340. The van der Waals surface area contributed by atoms with E-state index < -0.39 is 5.41 Å². The summed E-state index contributed by atoms with van der Waals surface area (Å²) >= 11 is 5.29. The quantitative estimate of drug-likeness (QED) is 0.0576. The number of amides is 2. The van der Waals surface area contributed by atoms with E-state index >= 15 is 0 Å². The van der Waals surface area contributed by atoms with Crippen molar-refractivity contribution in [1.82, 2.24) is 20.4 Å². The van der Waals surface area contributed by atoms with Gasteiger partial charge in [-0.1, -0.05) is 198 Å². The first-order chi connectivity index (χ1) is 45.1. The number of alkyl halides is 1. The molecule has 3 heterocycles. The number of ether oxygens (including phenoxy) is 2. The molecule has 2 saturated carbocycles. The van der Waals surface area contributed by atoms with Crippen molar-refractivity contribution in [2.75, 3.05) is 58.4 Å². The minimum absolute atomic E-state index is 0.0323. The van der Waals surface area contributed by atoms with E-state index in [4.69, 9.17) is 30.2 Å². The second-order valence-corrected chi connectivity index (χ2v) is 36.3. The number of rotatable bonds is 13. The van der Waals surface area contributed by atoms with Crippen LogP contribution in [0.2, 0.25) is 0 Å². The van der Waals surface area contributed by atoms with Crippen LogP contribution in [0.3, 0.4) is 0 Å². The van der Waals surface area contributed by atoms with Gasteiger partial charge in [0.1, 0.15) is 17.7 Å². The van der Waals surface area contributed by atoms with E-state index in [0.717, 1.165) is 65.1 Å². The molecule has 2 unspecified atom stereocenters. The van der Waals surface area contributed by atoms with Crippen molar-refractivity contribution < 1.29 is 60.2 Å². The largest absolute Gasteiger partial charge is 0.379 e. The van der Waals surface area contributed by atoms with Gasteiger partial charge in [0, 0.05) is 105 Å². The van der Waals surface area contributed by atoms with Crippen LogP contribution in [0.15, 0.2) is 36.4 Å². The molecule has 2 aliphatic carbocycles. The topological polar surface area (TPSA) is 223 Å². The third-order valence-electron chi connectivity index (χ3n) is 14.3. The molecule has 5 rings (SSSR count). The Morgan fingerprint density at radius 3 is 1.03 bits per heavy atom. The van der Waals surface area contributed by atoms with Crippen molar-refractivity contribution in [1.29, 1.82) is 0 Å². The number of carbonyl (C=O) groups excluding carboxylic acids is 10.